The third-order valence-corrected chi connectivity index (χ3v) is 10.8. The summed E-state index contributed by atoms with van der Waals surface area (Å²) in [5.41, 5.74) is 20.1. The molecule has 4 aliphatic carbocycles. The van der Waals surface area contributed by atoms with Gasteiger partial charge in [0.05, 0.1) is 6.04 Å². The van der Waals surface area contributed by atoms with E-state index in [4.69, 9.17) is 32.1 Å². The van der Waals surface area contributed by atoms with Crippen molar-refractivity contribution in [3.05, 3.63) is 40.5 Å². The number of nitrogens with zero attached hydrogens (tertiary/aromatic N) is 2. The molecule has 0 spiro atoms. The van der Waals surface area contributed by atoms with Gasteiger partial charge in [-0.2, -0.15) is 4.98 Å². The summed E-state index contributed by atoms with van der Waals surface area (Å²) < 4.78 is 5.84. The number of benzene rings is 1. The van der Waals surface area contributed by atoms with Crippen LogP contribution in [0.4, 0.5) is 0 Å². The van der Waals surface area contributed by atoms with E-state index in [1.807, 2.05) is 13.8 Å². The van der Waals surface area contributed by atoms with Crippen LogP contribution in [0.1, 0.15) is 105 Å². The molecule has 13 heteroatoms. The van der Waals surface area contributed by atoms with Crippen molar-refractivity contribution in [1.82, 2.24) is 26.1 Å². The van der Waals surface area contributed by atoms with Crippen molar-refractivity contribution in [2.24, 2.45) is 40.4 Å². The third kappa shape index (κ3) is 9.04. The molecule has 4 bridgehead atoms. The van der Waals surface area contributed by atoms with Crippen molar-refractivity contribution in [1.29, 1.82) is 5.41 Å². The minimum absolute atomic E-state index is 0.140. The lowest BCUT2D eigenvalue weighted by molar-refractivity contribution is -0.130. The number of hydrogen-bond donors (Lipinski definition) is 8. The number of guanidine groups is 1. The second kappa shape index (κ2) is 15.7. The predicted molar refractivity (Wildman–Crippen MR) is 183 cm³/mol. The van der Waals surface area contributed by atoms with Crippen LogP contribution in [0.5, 0.6) is 5.75 Å². The Bertz CT molecular complexity index is 1380. The van der Waals surface area contributed by atoms with Gasteiger partial charge >= 0.3 is 0 Å². The van der Waals surface area contributed by atoms with E-state index in [1.165, 1.54) is 38.5 Å². The highest BCUT2D eigenvalue weighted by Crippen LogP contribution is 2.60. The van der Waals surface area contributed by atoms with Gasteiger partial charge in [-0.25, -0.2) is 0 Å². The smallest absolute Gasteiger partial charge is 0.249 e. The number of nitrogens with two attached hydrogens (primary N) is 3. The van der Waals surface area contributed by atoms with Gasteiger partial charge in [0.25, 0.3) is 0 Å². The Kier molecular flexibility index (Phi) is 11.6. The maximum Gasteiger partial charge on any atom is 0.249 e. The molecule has 6 rings (SSSR count). The maximum atomic E-state index is 14.1. The molecule has 13 nitrogen and oxygen atoms in total. The summed E-state index contributed by atoms with van der Waals surface area (Å²) in [6.07, 6.45) is 11.8. The van der Waals surface area contributed by atoms with Crippen molar-refractivity contribution in [3.63, 3.8) is 0 Å². The van der Waals surface area contributed by atoms with Crippen molar-refractivity contribution in [3.8, 4) is 5.75 Å². The number of aromatic nitrogens is 2. The van der Waals surface area contributed by atoms with E-state index >= 15 is 0 Å². The van der Waals surface area contributed by atoms with Gasteiger partial charge in [0.1, 0.15) is 17.8 Å². The fraction of sp³-hybridized carbons (Fsp3) is 0.686. The van der Waals surface area contributed by atoms with Gasteiger partial charge in [-0.1, -0.05) is 5.16 Å². The molecule has 48 heavy (non-hydrogen) atoms. The monoisotopic (exact) mass is 665 g/mol. The Balaban J connectivity index is 1.31. The van der Waals surface area contributed by atoms with Gasteiger partial charge in [0.15, 0.2) is 11.8 Å². The molecule has 0 radical (unpaired) electrons. The van der Waals surface area contributed by atoms with Gasteiger partial charge < -0.3 is 42.8 Å². The zero-order valence-corrected chi connectivity index (χ0v) is 28.5. The lowest BCUT2D eigenvalue weighted by Crippen LogP contribution is -2.53. The number of carbonyl (C=O) groups excluding carboxylic acids is 2. The first-order valence-electron chi connectivity index (χ1n) is 17.7. The van der Waals surface area contributed by atoms with E-state index in [9.17, 15) is 14.7 Å². The molecule has 4 aliphatic rings. The number of hydrogen-bond acceptors (Lipinski definition) is 9. The highest BCUT2D eigenvalue weighted by atomic mass is 16.5. The summed E-state index contributed by atoms with van der Waals surface area (Å²) in [5, 5.41) is 30.5. The molecule has 2 amide bonds. The summed E-state index contributed by atoms with van der Waals surface area (Å²) in [7, 11) is 0. The van der Waals surface area contributed by atoms with Crippen molar-refractivity contribution in [2.75, 3.05) is 13.1 Å². The first-order valence-corrected chi connectivity index (χ1v) is 17.7. The lowest BCUT2D eigenvalue weighted by Gasteiger charge is -2.56. The summed E-state index contributed by atoms with van der Waals surface area (Å²) >= 11 is 0. The average Bonchev–Trinajstić information content (AvgIpc) is 3.46. The second-order valence-corrected chi connectivity index (χ2v) is 14.9. The van der Waals surface area contributed by atoms with E-state index < -0.39 is 24.0 Å². The Labute approximate surface area is 283 Å². The van der Waals surface area contributed by atoms with Crippen LogP contribution in [-0.2, 0) is 22.4 Å². The van der Waals surface area contributed by atoms with Crippen LogP contribution in [-0.4, -0.2) is 58.2 Å². The first-order chi connectivity index (χ1) is 22.9. The van der Waals surface area contributed by atoms with E-state index in [2.05, 4.69) is 21.1 Å². The summed E-state index contributed by atoms with van der Waals surface area (Å²) in [4.78, 5) is 32.2. The molecule has 1 heterocycles. The Morgan fingerprint density at radius 2 is 1.67 bits per heavy atom. The van der Waals surface area contributed by atoms with Crippen molar-refractivity contribution in [2.45, 2.75) is 115 Å². The molecule has 0 unspecified atom stereocenters. The summed E-state index contributed by atoms with van der Waals surface area (Å²) in [6.45, 7) is 4.67. The summed E-state index contributed by atoms with van der Waals surface area (Å²) in [6, 6.07) is 0.930. The summed E-state index contributed by atoms with van der Waals surface area (Å²) in [5.74, 6) is 2.69. The fourth-order valence-electron chi connectivity index (χ4n) is 9.01. The minimum atomic E-state index is -0.952. The number of aromatic hydroxyl groups is 1. The lowest BCUT2D eigenvalue weighted by atomic mass is 9.49. The van der Waals surface area contributed by atoms with Gasteiger partial charge in [-0.05, 0) is 143 Å². The number of phenolic OH excluding ortho intramolecular Hbond substituents is 1. The van der Waals surface area contributed by atoms with Crippen LogP contribution in [0.25, 0.3) is 0 Å². The number of aryl methyl sites for hydroxylation is 2. The van der Waals surface area contributed by atoms with Gasteiger partial charge in [0, 0.05) is 19.4 Å². The first kappa shape index (κ1) is 35.6. The van der Waals surface area contributed by atoms with Crippen molar-refractivity contribution < 1.29 is 19.2 Å². The normalized spacial score (nSPS) is 24.5. The van der Waals surface area contributed by atoms with Gasteiger partial charge in [0.2, 0.25) is 17.7 Å². The molecular formula is C35H55N9O4. The Morgan fingerprint density at radius 1 is 1.02 bits per heavy atom. The zero-order valence-electron chi connectivity index (χ0n) is 28.5. The standard InChI is InChI=1S/C35H55N9O4/c1-20-10-25(45)11-21(2)26(20)15-29(42-31(46)27(37)6-5-9-40-34(38)39)32(47)41-28(7-3-4-8-36)33-43-30(44-48-33)19-35-16-22-12-23(17-35)14-24(13-22)18-35/h10-11,22-24,27-29,45H,3-9,12-19,36-37H2,1-2H3,(H,41,47)(H,42,46)(H4,38,39,40)/t22?,23?,24?,27-,28-,29+,35?/m1/s1. The quantitative estimate of drug-likeness (QED) is 0.0699. The molecule has 11 N–H and O–H groups in total. The molecule has 2 aromatic rings. The van der Waals surface area contributed by atoms with Crippen LogP contribution >= 0.6 is 0 Å². The number of rotatable bonds is 17. The van der Waals surface area contributed by atoms with E-state index in [0.29, 0.717) is 44.1 Å². The van der Waals surface area contributed by atoms with Crippen molar-refractivity contribution >= 4 is 17.8 Å². The van der Waals surface area contributed by atoms with E-state index in [0.717, 1.165) is 53.7 Å². The molecule has 1 aromatic heterocycles. The number of unbranched alkanes of at least 4 members (excludes halogenated alkanes) is 1. The van der Waals surface area contributed by atoms with Crippen LogP contribution in [0.15, 0.2) is 16.7 Å². The van der Waals surface area contributed by atoms with Crippen LogP contribution in [0, 0.1) is 42.4 Å². The minimum Gasteiger partial charge on any atom is -0.508 e. The number of phenols is 1. The number of carbonyl (C=O) groups is 2. The molecular weight excluding hydrogens is 610 g/mol. The van der Waals surface area contributed by atoms with Crippen LogP contribution in [0.2, 0.25) is 0 Å². The highest BCUT2D eigenvalue weighted by molar-refractivity contribution is 5.90. The highest BCUT2D eigenvalue weighted by Gasteiger charge is 2.51. The van der Waals surface area contributed by atoms with Crippen LogP contribution < -0.4 is 33.2 Å². The molecule has 4 saturated carbocycles. The molecule has 4 fully saturated rings. The van der Waals surface area contributed by atoms with Crippen LogP contribution in [0.3, 0.4) is 0 Å². The maximum absolute atomic E-state index is 14.1. The average molecular weight is 666 g/mol. The second-order valence-electron chi connectivity index (χ2n) is 14.9. The van der Waals surface area contributed by atoms with Gasteiger partial charge in [-0.3, -0.25) is 15.0 Å². The largest absolute Gasteiger partial charge is 0.508 e. The Hall–Kier alpha value is -3.71. The molecule has 3 atom stereocenters. The number of nitrogens with one attached hydrogen (secondary N) is 4. The molecule has 1 aromatic carbocycles. The fourth-order valence-corrected chi connectivity index (χ4v) is 9.01. The van der Waals surface area contributed by atoms with E-state index in [-0.39, 0.29) is 29.5 Å². The zero-order chi connectivity index (χ0) is 34.4. The SMILES string of the molecule is Cc1cc(O)cc(C)c1C[C@H](NC(=O)[C@H](N)CCCNC(=N)N)C(=O)N[C@H](CCCCN)c1nc(CC23CC4CC(CC(C4)C2)C3)no1. The molecule has 0 saturated heterocycles. The molecule has 264 valence electrons. The Morgan fingerprint density at radius 3 is 2.27 bits per heavy atom. The third-order valence-electron chi connectivity index (χ3n) is 10.8. The number of amides is 2. The molecule has 0 aliphatic heterocycles. The van der Waals surface area contributed by atoms with Gasteiger partial charge in [-0.15, -0.1) is 0 Å². The predicted octanol–water partition coefficient (Wildman–Crippen LogP) is 2.76. The topological polar surface area (TPSA) is 231 Å². The van der Waals surface area contributed by atoms with E-state index in [1.54, 1.807) is 12.1 Å².